The van der Waals surface area contributed by atoms with E-state index in [1.54, 1.807) is 4.90 Å². The van der Waals surface area contributed by atoms with Crippen LogP contribution in [0.3, 0.4) is 0 Å². The summed E-state index contributed by atoms with van der Waals surface area (Å²) in [6.07, 6.45) is 1.45. The number of carbonyl (C=O) groups excluding carboxylic acids is 1. The lowest BCUT2D eigenvalue weighted by molar-refractivity contribution is -0.127. The van der Waals surface area contributed by atoms with E-state index in [1.807, 2.05) is 19.9 Å². The number of hydrogen-bond donors (Lipinski definition) is 2. The SMILES string of the molecule is Cc1nc(N/C=C(/C#N)C(=O)N2CCNCC2)sc1C. The molecule has 0 aliphatic carbocycles. The molecule has 20 heavy (non-hydrogen) atoms. The Labute approximate surface area is 122 Å². The van der Waals surface area contributed by atoms with Crippen LogP contribution in [0.25, 0.3) is 0 Å². The lowest BCUT2D eigenvalue weighted by Gasteiger charge is -2.27. The molecule has 0 saturated carbocycles. The maximum atomic E-state index is 12.2. The van der Waals surface area contributed by atoms with E-state index < -0.39 is 0 Å². The number of aromatic nitrogens is 1. The Morgan fingerprint density at radius 3 is 2.75 bits per heavy atom. The van der Waals surface area contributed by atoms with Crippen molar-refractivity contribution in [2.75, 3.05) is 31.5 Å². The molecule has 1 saturated heterocycles. The predicted octanol–water partition coefficient (Wildman–Crippen LogP) is 1.01. The molecule has 6 nitrogen and oxygen atoms in total. The zero-order chi connectivity index (χ0) is 14.5. The maximum Gasteiger partial charge on any atom is 0.266 e. The van der Waals surface area contributed by atoms with Gasteiger partial charge in [-0.3, -0.25) is 4.79 Å². The van der Waals surface area contributed by atoms with Gasteiger partial charge in [0, 0.05) is 37.3 Å². The minimum Gasteiger partial charge on any atom is -0.337 e. The summed E-state index contributed by atoms with van der Waals surface area (Å²) in [5.41, 5.74) is 1.07. The Hall–Kier alpha value is -1.91. The van der Waals surface area contributed by atoms with Gasteiger partial charge in [-0.05, 0) is 13.8 Å². The van der Waals surface area contributed by atoms with Crippen LogP contribution in [-0.4, -0.2) is 42.0 Å². The highest BCUT2D eigenvalue weighted by Crippen LogP contribution is 2.21. The van der Waals surface area contributed by atoms with E-state index in [4.69, 9.17) is 5.26 Å². The van der Waals surface area contributed by atoms with Crippen molar-refractivity contribution in [2.24, 2.45) is 0 Å². The maximum absolute atomic E-state index is 12.2. The van der Waals surface area contributed by atoms with Crippen molar-refractivity contribution in [3.8, 4) is 6.07 Å². The Morgan fingerprint density at radius 2 is 2.20 bits per heavy atom. The summed E-state index contributed by atoms with van der Waals surface area (Å²) < 4.78 is 0. The zero-order valence-corrected chi connectivity index (χ0v) is 12.4. The lowest BCUT2D eigenvalue weighted by Crippen LogP contribution is -2.46. The van der Waals surface area contributed by atoms with Gasteiger partial charge in [-0.15, -0.1) is 11.3 Å². The van der Waals surface area contributed by atoms with E-state index in [9.17, 15) is 4.79 Å². The van der Waals surface area contributed by atoms with Crippen molar-refractivity contribution in [1.29, 1.82) is 5.26 Å². The lowest BCUT2D eigenvalue weighted by atomic mass is 10.2. The summed E-state index contributed by atoms with van der Waals surface area (Å²) in [7, 11) is 0. The summed E-state index contributed by atoms with van der Waals surface area (Å²) >= 11 is 1.50. The van der Waals surface area contributed by atoms with Gasteiger partial charge in [-0.1, -0.05) is 0 Å². The fraction of sp³-hybridized carbons (Fsp3) is 0.462. The minimum absolute atomic E-state index is 0.109. The second kappa shape index (κ2) is 6.50. The zero-order valence-electron chi connectivity index (χ0n) is 11.6. The van der Waals surface area contributed by atoms with Crippen LogP contribution < -0.4 is 10.6 Å². The Balaban J connectivity index is 2.05. The number of amides is 1. The molecule has 1 aromatic rings. The van der Waals surface area contributed by atoms with Crippen LogP contribution in [0.1, 0.15) is 10.6 Å². The van der Waals surface area contributed by atoms with Gasteiger partial charge in [-0.25, -0.2) is 4.98 Å². The topological polar surface area (TPSA) is 81.0 Å². The number of thiazole rings is 1. The summed E-state index contributed by atoms with van der Waals surface area (Å²) in [5.74, 6) is -0.230. The van der Waals surface area contributed by atoms with E-state index in [0.717, 1.165) is 23.7 Å². The van der Waals surface area contributed by atoms with Crippen LogP contribution in [0.4, 0.5) is 5.13 Å². The first-order chi connectivity index (χ1) is 9.61. The number of nitrogens with zero attached hydrogens (tertiary/aromatic N) is 3. The van der Waals surface area contributed by atoms with Crippen LogP contribution in [0.2, 0.25) is 0 Å². The molecule has 0 unspecified atom stereocenters. The van der Waals surface area contributed by atoms with Crippen LogP contribution in [0.5, 0.6) is 0 Å². The predicted molar refractivity (Wildman–Crippen MR) is 78.4 cm³/mol. The highest BCUT2D eigenvalue weighted by Gasteiger charge is 2.20. The number of aryl methyl sites for hydroxylation is 2. The first-order valence-electron chi connectivity index (χ1n) is 6.42. The van der Waals surface area contributed by atoms with Gasteiger partial charge in [0.05, 0.1) is 5.69 Å². The molecular formula is C13H17N5OS. The third-order valence-corrected chi connectivity index (χ3v) is 4.13. The van der Waals surface area contributed by atoms with E-state index in [2.05, 4.69) is 15.6 Å². The van der Waals surface area contributed by atoms with Crippen molar-refractivity contribution in [3.63, 3.8) is 0 Å². The smallest absolute Gasteiger partial charge is 0.266 e. The number of nitriles is 1. The van der Waals surface area contributed by atoms with Crippen molar-refractivity contribution < 1.29 is 4.79 Å². The van der Waals surface area contributed by atoms with Crippen LogP contribution in [0.15, 0.2) is 11.8 Å². The Kier molecular flexibility index (Phi) is 4.71. The molecule has 1 amide bonds. The number of piperazine rings is 1. The molecule has 2 rings (SSSR count). The van der Waals surface area contributed by atoms with Gasteiger partial charge in [0.1, 0.15) is 11.6 Å². The number of hydrogen-bond acceptors (Lipinski definition) is 6. The average molecular weight is 291 g/mol. The summed E-state index contributed by atoms with van der Waals surface area (Å²) in [6, 6.07) is 1.95. The van der Waals surface area contributed by atoms with E-state index in [1.165, 1.54) is 17.5 Å². The largest absolute Gasteiger partial charge is 0.337 e. The molecule has 1 fully saturated rings. The second-order valence-electron chi connectivity index (χ2n) is 4.52. The molecule has 0 atom stereocenters. The van der Waals surface area contributed by atoms with Crippen LogP contribution in [-0.2, 0) is 4.79 Å². The Morgan fingerprint density at radius 1 is 1.50 bits per heavy atom. The van der Waals surface area contributed by atoms with E-state index >= 15 is 0 Å². The molecular weight excluding hydrogens is 274 g/mol. The van der Waals surface area contributed by atoms with Crippen molar-refractivity contribution in [1.82, 2.24) is 15.2 Å². The molecule has 1 aliphatic heterocycles. The summed E-state index contributed by atoms with van der Waals surface area (Å²) in [5, 5.41) is 15.9. The molecule has 106 valence electrons. The van der Waals surface area contributed by atoms with Crippen molar-refractivity contribution in [3.05, 3.63) is 22.3 Å². The molecule has 0 bridgehead atoms. The third-order valence-electron chi connectivity index (χ3n) is 3.12. The molecule has 1 aromatic heterocycles. The quantitative estimate of drug-likeness (QED) is 0.642. The monoisotopic (exact) mass is 291 g/mol. The molecule has 0 radical (unpaired) electrons. The summed E-state index contributed by atoms with van der Waals surface area (Å²) in [4.78, 5) is 19.3. The first kappa shape index (κ1) is 14.5. The number of anilines is 1. The standard InChI is InChI=1S/C13H17N5OS/c1-9-10(2)20-13(17-9)16-8-11(7-14)12(19)18-5-3-15-4-6-18/h8,15H,3-6H2,1-2H3,(H,16,17)/b11-8-. The third kappa shape index (κ3) is 3.35. The number of carbonyl (C=O) groups is 1. The second-order valence-corrected chi connectivity index (χ2v) is 5.72. The van der Waals surface area contributed by atoms with Gasteiger partial charge >= 0.3 is 0 Å². The fourth-order valence-corrected chi connectivity index (χ4v) is 2.63. The highest BCUT2D eigenvalue weighted by atomic mass is 32.1. The normalized spacial score (nSPS) is 15.8. The molecule has 2 N–H and O–H groups in total. The Bertz CT molecular complexity index is 546. The molecule has 0 spiro atoms. The van der Waals surface area contributed by atoms with Gasteiger partial charge in [0.2, 0.25) is 0 Å². The minimum atomic E-state index is -0.230. The number of nitrogens with one attached hydrogen (secondary N) is 2. The summed E-state index contributed by atoms with van der Waals surface area (Å²) in [6.45, 7) is 6.71. The molecule has 1 aliphatic rings. The van der Waals surface area contributed by atoms with Gasteiger partial charge in [0.15, 0.2) is 5.13 Å². The average Bonchev–Trinajstić information content (AvgIpc) is 2.79. The van der Waals surface area contributed by atoms with Crippen LogP contribution >= 0.6 is 11.3 Å². The van der Waals surface area contributed by atoms with E-state index in [0.29, 0.717) is 18.2 Å². The first-order valence-corrected chi connectivity index (χ1v) is 7.24. The van der Waals surface area contributed by atoms with Gasteiger partial charge in [-0.2, -0.15) is 5.26 Å². The fourth-order valence-electron chi connectivity index (χ4n) is 1.85. The highest BCUT2D eigenvalue weighted by molar-refractivity contribution is 7.15. The van der Waals surface area contributed by atoms with E-state index in [-0.39, 0.29) is 11.5 Å². The number of rotatable bonds is 3. The molecule has 0 aromatic carbocycles. The van der Waals surface area contributed by atoms with Gasteiger partial charge in [0.25, 0.3) is 5.91 Å². The molecule has 7 heteroatoms. The van der Waals surface area contributed by atoms with Crippen LogP contribution in [0, 0.1) is 25.2 Å². The van der Waals surface area contributed by atoms with Crippen molar-refractivity contribution >= 4 is 22.4 Å². The van der Waals surface area contributed by atoms with Crippen molar-refractivity contribution in [2.45, 2.75) is 13.8 Å². The van der Waals surface area contributed by atoms with Gasteiger partial charge < -0.3 is 15.5 Å². The molecule has 2 heterocycles.